The molecule has 110 valence electrons. The van der Waals surface area contributed by atoms with Crippen molar-refractivity contribution in [2.75, 3.05) is 20.3 Å². The Morgan fingerprint density at radius 3 is 3.00 bits per heavy atom. The second-order valence-electron chi connectivity index (χ2n) is 5.41. The lowest BCUT2D eigenvalue weighted by Gasteiger charge is -2.36. The Bertz CT molecular complexity index is 476. The van der Waals surface area contributed by atoms with Crippen LogP contribution in [0.25, 0.3) is 0 Å². The number of nitrogens with zero attached hydrogens (tertiary/aromatic N) is 1. The average Bonchev–Trinajstić information content (AvgIpc) is 2.47. The Labute approximate surface area is 125 Å². The normalized spacial score (nSPS) is 19.1. The van der Waals surface area contributed by atoms with Crippen molar-refractivity contribution < 1.29 is 9.53 Å². The summed E-state index contributed by atoms with van der Waals surface area (Å²) in [5.74, 6) is 0.0551. The minimum atomic E-state index is 0.0551. The standard InChI is InChI=1S/C16H22ClNO2/c1-12-6-7-15(17)14(11-12)16(19)18-9-4-3-5-13(18)8-10-20-2/h6-7,11,13H,3-5,8-10H2,1-2H3. The highest BCUT2D eigenvalue weighted by Crippen LogP contribution is 2.25. The van der Waals surface area contributed by atoms with Crippen molar-refractivity contribution in [3.05, 3.63) is 34.3 Å². The number of carbonyl (C=O) groups excluding carboxylic acids is 1. The second kappa shape index (κ2) is 7.09. The molecule has 0 aliphatic carbocycles. The molecule has 1 aliphatic rings. The lowest BCUT2D eigenvalue weighted by molar-refractivity contribution is 0.0553. The van der Waals surface area contributed by atoms with Gasteiger partial charge in [0.05, 0.1) is 10.6 Å². The molecule has 1 amide bonds. The third kappa shape index (κ3) is 3.53. The van der Waals surface area contributed by atoms with Crippen LogP contribution in [0.5, 0.6) is 0 Å². The molecule has 1 unspecified atom stereocenters. The average molecular weight is 296 g/mol. The van der Waals surface area contributed by atoms with Crippen LogP contribution in [-0.4, -0.2) is 37.1 Å². The highest BCUT2D eigenvalue weighted by atomic mass is 35.5. The van der Waals surface area contributed by atoms with Crippen LogP contribution in [0.4, 0.5) is 0 Å². The van der Waals surface area contributed by atoms with Gasteiger partial charge in [-0.3, -0.25) is 4.79 Å². The van der Waals surface area contributed by atoms with Crippen LogP contribution in [0.15, 0.2) is 18.2 Å². The van der Waals surface area contributed by atoms with Gasteiger partial charge in [-0.1, -0.05) is 23.2 Å². The van der Waals surface area contributed by atoms with E-state index in [1.54, 1.807) is 13.2 Å². The first kappa shape index (κ1) is 15.3. The number of methoxy groups -OCH3 is 1. The quantitative estimate of drug-likeness (QED) is 0.848. The lowest BCUT2D eigenvalue weighted by atomic mass is 9.98. The highest BCUT2D eigenvalue weighted by molar-refractivity contribution is 6.33. The van der Waals surface area contributed by atoms with E-state index in [2.05, 4.69) is 0 Å². The number of amides is 1. The maximum atomic E-state index is 12.7. The van der Waals surface area contributed by atoms with E-state index < -0.39 is 0 Å². The molecule has 1 heterocycles. The van der Waals surface area contributed by atoms with Crippen molar-refractivity contribution in [1.29, 1.82) is 0 Å². The lowest BCUT2D eigenvalue weighted by Crippen LogP contribution is -2.44. The van der Waals surface area contributed by atoms with Crippen molar-refractivity contribution in [3.63, 3.8) is 0 Å². The third-order valence-electron chi connectivity index (χ3n) is 3.90. The Kier molecular flexibility index (Phi) is 5.44. The van der Waals surface area contributed by atoms with Crippen LogP contribution in [0, 0.1) is 6.92 Å². The molecule has 1 aromatic rings. The Morgan fingerprint density at radius 1 is 1.45 bits per heavy atom. The van der Waals surface area contributed by atoms with Gasteiger partial charge in [0.2, 0.25) is 0 Å². The number of halogens is 1. The number of hydrogen-bond acceptors (Lipinski definition) is 2. The maximum absolute atomic E-state index is 12.7. The highest BCUT2D eigenvalue weighted by Gasteiger charge is 2.28. The molecule has 0 bridgehead atoms. The van der Waals surface area contributed by atoms with E-state index in [1.807, 2.05) is 24.0 Å². The number of rotatable bonds is 4. The number of hydrogen-bond donors (Lipinski definition) is 0. The monoisotopic (exact) mass is 295 g/mol. The SMILES string of the molecule is COCCC1CCCCN1C(=O)c1cc(C)ccc1Cl. The molecule has 2 rings (SSSR count). The summed E-state index contributed by atoms with van der Waals surface area (Å²) in [5, 5.41) is 0.539. The van der Waals surface area contributed by atoms with E-state index in [0.717, 1.165) is 31.4 Å². The molecule has 1 saturated heterocycles. The number of piperidine rings is 1. The summed E-state index contributed by atoms with van der Waals surface area (Å²) in [6.07, 6.45) is 4.20. The van der Waals surface area contributed by atoms with E-state index in [1.165, 1.54) is 6.42 Å². The van der Waals surface area contributed by atoms with Crippen LogP contribution >= 0.6 is 11.6 Å². The first-order valence-corrected chi connectivity index (χ1v) is 7.57. The summed E-state index contributed by atoms with van der Waals surface area (Å²) in [6.45, 7) is 3.49. The van der Waals surface area contributed by atoms with Crippen LogP contribution in [0.1, 0.15) is 41.6 Å². The zero-order valence-electron chi connectivity index (χ0n) is 12.2. The molecule has 4 heteroatoms. The predicted octanol–water partition coefficient (Wildman–Crippen LogP) is 3.68. The Balaban J connectivity index is 2.18. The van der Waals surface area contributed by atoms with E-state index in [4.69, 9.17) is 16.3 Å². The van der Waals surface area contributed by atoms with Gasteiger partial charge in [-0.15, -0.1) is 0 Å². The number of likely N-dealkylation sites (tertiary alicyclic amines) is 1. The predicted molar refractivity (Wildman–Crippen MR) is 81.4 cm³/mol. The molecule has 20 heavy (non-hydrogen) atoms. The molecule has 1 aromatic carbocycles. The number of carbonyl (C=O) groups is 1. The van der Waals surface area contributed by atoms with Crippen LogP contribution in [-0.2, 0) is 4.74 Å². The summed E-state index contributed by atoms with van der Waals surface area (Å²) in [4.78, 5) is 14.7. The first-order chi connectivity index (χ1) is 9.63. The van der Waals surface area contributed by atoms with Gasteiger partial charge in [-0.05, 0) is 44.7 Å². The first-order valence-electron chi connectivity index (χ1n) is 7.19. The summed E-state index contributed by atoms with van der Waals surface area (Å²) >= 11 is 6.19. The van der Waals surface area contributed by atoms with E-state index >= 15 is 0 Å². The molecule has 1 aliphatic heterocycles. The maximum Gasteiger partial charge on any atom is 0.255 e. The molecule has 0 aromatic heterocycles. The van der Waals surface area contributed by atoms with Gasteiger partial charge in [0.25, 0.3) is 5.91 Å². The molecular weight excluding hydrogens is 274 g/mol. The molecule has 0 N–H and O–H groups in total. The molecule has 1 atom stereocenters. The second-order valence-corrected chi connectivity index (χ2v) is 5.82. The molecule has 3 nitrogen and oxygen atoms in total. The van der Waals surface area contributed by atoms with E-state index in [9.17, 15) is 4.79 Å². The van der Waals surface area contributed by atoms with Gasteiger partial charge >= 0.3 is 0 Å². The fourth-order valence-electron chi connectivity index (χ4n) is 2.78. The molecule has 1 fully saturated rings. The van der Waals surface area contributed by atoms with Crippen molar-refractivity contribution >= 4 is 17.5 Å². The van der Waals surface area contributed by atoms with Crippen LogP contribution < -0.4 is 0 Å². The number of benzene rings is 1. The van der Waals surface area contributed by atoms with E-state index in [-0.39, 0.29) is 11.9 Å². The minimum Gasteiger partial charge on any atom is -0.385 e. The topological polar surface area (TPSA) is 29.5 Å². The number of ether oxygens (including phenoxy) is 1. The molecule has 0 radical (unpaired) electrons. The van der Waals surface area contributed by atoms with Gasteiger partial charge in [0.15, 0.2) is 0 Å². The van der Waals surface area contributed by atoms with Gasteiger partial charge < -0.3 is 9.64 Å². The van der Waals surface area contributed by atoms with Crippen LogP contribution in [0.3, 0.4) is 0 Å². The van der Waals surface area contributed by atoms with Crippen molar-refractivity contribution in [2.45, 2.75) is 38.6 Å². The molecule has 0 spiro atoms. The third-order valence-corrected chi connectivity index (χ3v) is 4.23. The summed E-state index contributed by atoms with van der Waals surface area (Å²) in [7, 11) is 1.70. The fraction of sp³-hybridized carbons (Fsp3) is 0.562. The molecular formula is C16H22ClNO2. The van der Waals surface area contributed by atoms with Gasteiger partial charge in [-0.25, -0.2) is 0 Å². The zero-order valence-corrected chi connectivity index (χ0v) is 12.9. The summed E-state index contributed by atoms with van der Waals surface area (Å²) in [6, 6.07) is 5.88. The Morgan fingerprint density at radius 2 is 2.25 bits per heavy atom. The molecule has 0 saturated carbocycles. The largest absolute Gasteiger partial charge is 0.385 e. The van der Waals surface area contributed by atoms with Crippen molar-refractivity contribution in [1.82, 2.24) is 4.90 Å². The van der Waals surface area contributed by atoms with Gasteiger partial charge in [0, 0.05) is 26.3 Å². The van der Waals surface area contributed by atoms with Gasteiger partial charge in [0.1, 0.15) is 0 Å². The zero-order chi connectivity index (χ0) is 14.5. The Hall–Kier alpha value is -1.06. The summed E-state index contributed by atoms with van der Waals surface area (Å²) < 4.78 is 5.16. The fourth-order valence-corrected chi connectivity index (χ4v) is 2.98. The minimum absolute atomic E-state index is 0.0551. The number of aryl methyl sites for hydroxylation is 1. The van der Waals surface area contributed by atoms with Gasteiger partial charge in [-0.2, -0.15) is 0 Å². The van der Waals surface area contributed by atoms with Crippen molar-refractivity contribution in [2.24, 2.45) is 0 Å². The van der Waals surface area contributed by atoms with Crippen LogP contribution in [0.2, 0.25) is 5.02 Å². The summed E-state index contributed by atoms with van der Waals surface area (Å²) in [5.41, 5.74) is 1.68. The van der Waals surface area contributed by atoms with Crippen molar-refractivity contribution in [3.8, 4) is 0 Å². The van der Waals surface area contributed by atoms with E-state index in [0.29, 0.717) is 17.2 Å². The smallest absolute Gasteiger partial charge is 0.255 e.